The molecule has 3 N–H and O–H groups in total. The van der Waals surface area contributed by atoms with Crippen molar-refractivity contribution in [1.82, 2.24) is 0 Å². The number of hydrogen-bond acceptors (Lipinski definition) is 15. The highest BCUT2D eigenvalue weighted by molar-refractivity contribution is 7.47. The van der Waals surface area contributed by atoms with Gasteiger partial charge in [-0.3, -0.25) is 37.3 Å². The van der Waals surface area contributed by atoms with Gasteiger partial charge in [-0.1, -0.05) is 208 Å². The van der Waals surface area contributed by atoms with Crippen molar-refractivity contribution in [3.8, 4) is 0 Å². The molecule has 5 atom stereocenters. The summed E-state index contributed by atoms with van der Waals surface area (Å²) in [5, 5.41) is 10.4. The maximum atomic E-state index is 12.9. The highest BCUT2D eigenvalue weighted by Gasteiger charge is 2.30. The van der Waals surface area contributed by atoms with E-state index in [9.17, 15) is 43.2 Å². The number of phosphoric acid groups is 2. The average molecular weight is 1090 g/mol. The Hall–Kier alpha value is -1.94. The van der Waals surface area contributed by atoms with Crippen LogP contribution in [0.2, 0.25) is 0 Å². The van der Waals surface area contributed by atoms with E-state index in [2.05, 4.69) is 34.6 Å². The molecule has 19 heteroatoms. The monoisotopic (exact) mass is 1090 g/mol. The predicted molar refractivity (Wildman–Crippen MR) is 285 cm³/mol. The zero-order chi connectivity index (χ0) is 54.3. The second-order valence-corrected chi connectivity index (χ2v) is 23.0. The highest BCUT2D eigenvalue weighted by atomic mass is 31.2. The Morgan fingerprint density at radius 2 is 0.630 bits per heavy atom. The Labute approximate surface area is 441 Å². The van der Waals surface area contributed by atoms with Crippen LogP contribution in [0, 0.1) is 5.92 Å². The molecule has 0 rings (SSSR count). The van der Waals surface area contributed by atoms with Gasteiger partial charge in [0.15, 0.2) is 12.2 Å². The Bertz CT molecular complexity index is 1450. The average Bonchev–Trinajstić information content (AvgIpc) is 3.35. The maximum absolute atomic E-state index is 12.9. The summed E-state index contributed by atoms with van der Waals surface area (Å²) in [5.41, 5.74) is 0. The van der Waals surface area contributed by atoms with Crippen LogP contribution in [-0.2, 0) is 65.4 Å². The summed E-state index contributed by atoms with van der Waals surface area (Å²) in [7, 11) is -9.85. The van der Waals surface area contributed by atoms with Gasteiger partial charge in [-0.05, 0) is 31.6 Å². The lowest BCUT2D eigenvalue weighted by Crippen LogP contribution is -2.30. The first kappa shape index (κ1) is 71.1. The molecule has 0 aliphatic heterocycles. The quantitative estimate of drug-likeness (QED) is 0.0222. The third-order valence-electron chi connectivity index (χ3n) is 12.3. The van der Waals surface area contributed by atoms with E-state index >= 15 is 0 Å². The van der Waals surface area contributed by atoms with Gasteiger partial charge in [0.05, 0.1) is 26.4 Å². The van der Waals surface area contributed by atoms with E-state index in [1.165, 1.54) is 44.9 Å². The molecule has 432 valence electrons. The van der Waals surface area contributed by atoms with Crippen molar-refractivity contribution in [2.24, 2.45) is 5.92 Å². The molecule has 0 aromatic carbocycles. The number of hydrogen-bond donors (Lipinski definition) is 3. The molecule has 17 nitrogen and oxygen atoms in total. The van der Waals surface area contributed by atoms with E-state index in [1.54, 1.807) is 0 Å². The predicted octanol–water partition coefficient (Wildman–Crippen LogP) is 13.9. The van der Waals surface area contributed by atoms with E-state index in [1.807, 2.05) is 0 Å². The second kappa shape index (κ2) is 48.4. The molecule has 2 unspecified atom stereocenters. The minimum atomic E-state index is -4.93. The van der Waals surface area contributed by atoms with E-state index < -0.39 is 97.5 Å². The molecule has 0 amide bonds. The van der Waals surface area contributed by atoms with Gasteiger partial charge in [-0.2, -0.15) is 0 Å². The van der Waals surface area contributed by atoms with E-state index in [4.69, 9.17) is 37.0 Å². The lowest BCUT2D eigenvalue weighted by molar-refractivity contribution is -0.161. The molecule has 0 heterocycles. The highest BCUT2D eigenvalue weighted by Crippen LogP contribution is 2.45. The summed E-state index contributed by atoms with van der Waals surface area (Å²) in [5.74, 6) is -1.42. The molecule has 0 saturated heterocycles. The summed E-state index contributed by atoms with van der Waals surface area (Å²) >= 11 is 0. The summed E-state index contributed by atoms with van der Waals surface area (Å²) in [6.45, 7) is 6.96. The lowest BCUT2D eigenvalue weighted by atomic mass is 10.0. The summed E-state index contributed by atoms with van der Waals surface area (Å²) in [6, 6.07) is 0. The number of aliphatic hydroxyl groups is 1. The van der Waals surface area contributed by atoms with Crippen molar-refractivity contribution in [2.45, 2.75) is 278 Å². The normalized spacial score (nSPS) is 14.5. The van der Waals surface area contributed by atoms with Crippen molar-refractivity contribution >= 4 is 39.5 Å². The number of ether oxygens (including phenoxy) is 4. The summed E-state index contributed by atoms with van der Waals surface area (Å²) in [4.78, 5) is 71.4. The number of unbranched alkanes of at least 4 members (excludes halogenated alkanes) is 26. The molecule has 0 aliphatic carbocycles. The third-order valence-corrected chi connectivity index (χ3v) is 14.2. The van der Waals surface area contributed by atoms with Gasteiger partial charge in [0.1, 0.15) is 19.3 Å². The molecule has 0 aliphatic rings. The maximum Gasteiger partial charge on any atom is 0.472 e. The van der Waals surface area contributed by atoms with Crippen molar-refractivity contribution < 1.29 is 80.2 Å². The van der Waals surface area contributed by atoms with Gasteiger partial charge in [-0.15, -0.1) is 0 Å². The van der Waals surface area contributed by atoms with Gasteiger partial charge >= 0.3 is 39.5 Å². The molecule has 0 aromatic rings. The second-order valence-electron chi connectivity index (χ2n) is 20.1. The number of phosphoric ester groups is 2. The fraction of sp³-hybridized carbons (Fsp3) is 0.926. The largest absolute Gasteiger partial charge is 0.472 e. The van der Waals surface area contributed by atoms with Crippen LogP contribution < -0.4 is 0 Å². The van der Waals surface area contributed by atoms with Gasteiger partial charge in [0.2, 0.25) is 0 Å². The van der Waals surface area contributed by atoms with Crippen molar-refractivity contribution in [1.29, 1.82) is 0 Å². The van der Waals surface area contributed by atoms with Crippen LogP contribution in [0.1, 0.15) is 259 Å². The van der Waals surface area contributed by atoms with Crippen LogP contribution in [0.25, 0.3) is 0 Å². The van der Waals surface area contributed by atoms with Crippen LogP contribution >= 0.6 is 15.6 Å². The molecule has 0 aromatic heterocycles. The minimum Gasteiger partial charge on any atom is -0.462 e. The molecular weight excluding hydrogens is 983 g/mol. The Kier molecular flexibility index (Phi) is 47.1. The zero-order valence-electron chi connectivity index (χ0n) is 46.3. The zero-order valence-corrected chi connectivity index (χ0v) is 48.0. The van der Waals surface area contributed by atoms with Gasteiger partial charge in [-0.25, -0.2) is 9.13 Å². The lowest BCUT2D eigenvalue weighted by Gasteiger charge is -2.21. The topological polar surface area (TPSA) is 237 Å². The molecule has 0 fully saturated rings. The first-order valence-electron chi connectivity index (χ1n) is 28.6. The summed E-state index contributed by atoms with van der Waals surface area (Å²) in [6.07, 6.45) is 28.4. The Morgan fingerprint density at radius 3 is 0.932 bits per heavy atom. The number of esters is 4. The first-order valence-corrected chi connectivity index (χ1v) is 31.6. The molecule has 73 heavy (non-hydrogen) atoms. The molecule has 0 saturated carbocycles. The van der Waals surface area contributed by atoms with Crippen LogP contribution in [0.3, 0.4) is 0 Å². The van der Waals surface area contributed by atoms with Crippen LogP contribution in [0.4, 0.5) is 0 Å². The fourth-order valence-electron chi connectivity index (χ4n) is 7.81. The van der Waals surface area contributed by atoms with Crippen molar-refractivity contribution in [3.63, 3.8) is 0 Å². The standard InChI is InChI=1S/C54H104O17P2/c1-6-9-12-15-21-27-32-37-51(56)64-43-49(70-53(58)39-34-29-23-17-14-11-8-3)45-68-72(60,61)66-41-48(55)42-67-73(62,63)69-46-50(44-65-52(57)38-33-28-22-16-13-10-7-2)71-54(59)40-35-30-25-20-18-19-24-26-31-36-47(4)5/h47-50,55H,6-46H2,1-5H3,(H,60,61)(H,62,63)/t48-,49+,50+/m0/s1. The SMILES string of the molecule is CCCCCCCCCC(=O)OC[C@H](COP(=O)(O)OC[C@H](O)COP(=O)(O)OC[C@@H](COC(=O)CCCCCCCCC)OC(=O)CCCCCCCCCCCC(C)C)OC(=O)CCCCCCCCC. The van der Waals surface area contributed by atoms with Gasteiger partial charge in [0, 0.05) is 25.7 Å². The van der Waals surface area contributed by atoms with Gasteiger partial charge < -0.3 is 33.8 Å². The Morgan fingerprint density at radius 1 is 0.370 bits per heavy atom. The fourth-order valence-corrected chi connectivity index (χ4v) is 9.39. The summed E-state index contributed by atoms with van der Waals surface area (Å²) < 4.78 is 67.3. The van der Waals surface area contributed by atoms with Crippen LogP contribution in [0.15, 0.2) is 0 Å². The van der Waals surface area contributed by atoms with E-state index in [0.29, 0.717) is 25.7 Å². The van der Waals surface area contributed by atoms with Gasteiger partial charge in [0.25, 0.3) is 0 Å². The smallest absolute Gasteiger partial charge is 0.462 e. The number of carbonyl (C=O) groups excluding carboxylic acids is 4. The molecule has 0 bridgehead atoms. The van der Waals surface area contributed by atoms with Crippen LogP contribution in [-0.4, -0.2) is 96.7 Å². The van der Waals surface area contributed by atoms with E-state index in [0.717, 1.165) is 134 Å². The molecule has 0 radical (unpaired) electrons. The number of rotatable bonds is 54. The van der Waals surface area contributed by atoms with E-state index in [-0.39, 0.29) is 25.7 Å². The minimum absolute atomic E-state index is 0.103. The number of aliphatic hydroxyl groups excluding tert-OH is 1. The van der Waals surface area contributed by atoms with Crippen molar-refractivity contribution in [3.05, 3.63) is 0 Å². The van der Waals surface area contributed by atoms with Crippen LogP contribution in [0.5, 0.6) is 0 Å². The molecular formula is C54H104O17P2. The molecule has 0 spiro atoms. The third kappa shape index (κ3) is 49.4. The first-order chi connectivity index (χ1) is 35.0. The number of carbonyl (C=O) groups is 4. The van der Waals surface area contributed by atoms with Crippen molar-refractivity contribution in [2.75, 3.05) is 39.6 Å². The Balaban J connectivity index is 5.17.